The molecule has 1 atom stereocenters. The molecule has 0 saturated carbocycles. The Kier molecular flexibility index (Phi) is 7.64. The van der Waals surface area contributed by atoms with E-state index in [1.54, 1.807) is 19.1 Å². The third-order valence-corrected chi connectivity index (χ3v) is 7.38. The second-order valence-corrected chi connectivity index (χ2v) is 9.87. The van der Waals surface area contributed by atoms with Gasteiger partial charge in [0.15, 0.2) is 5.78 Å². The summed E-state index contributed by atoms with van der Waals surface area (Å²) in [5, 5.41) is 6.34. The minimum atomic E-state index is -0.682. The average Bonchev–Trinajstić information content (AvgIpc) is 3.34. The molecule has 0 radical (unpaired) electrons. The number of Topliss-reactive ketones (excluding diaryl/α,β-unsaturated/α-hetero) is 1. The second-order valence-electron chi connectivity index (χ2n) is 8.26. The normalized spacial score (nSPS) is 16.7. The molecule has 1 aromatic carbocycles. The Hall–Kier alpha value is -2.68. The molecule has 1 unspecified atom stereocenters. The number of carbonyl (C=O) groups is 3. The minimum Gasteiger partial charge on any atom is -0.464 e. The number of ketones is 1. The molecule has 2 aliphatic carbocycles. The number of anilines is 1. The number of nitrogens with zero attached hydrogens (tertiary/aromatic N) is 1. The van der Waals surface area contributed by atoms with Crippen molar-refractivity contribution in [2.75, 3.05) is 11.9 Å². The highest BCUT2D eigenvalue weighted by Crippen LogP contribution is 2.52. The monoisotopic (exact) mass is 577 g/mol. The van der Waals surface area contributed by atoms with Crippen molar-refractivity contribution in [1.29, 1.82) is 0 Å². The van der Waals surface area contributed by atoms with Gasteiger partial charge in [0.1, 0.15) is 6.04 Å². The number of allylic oxidation sites excluding steroid dienone is 4. The quantitative estimate of drug-likeness (QED) is 0.329. The maximum absolute atomic E-state index is 12.7. The summed E-state index contributed by atoms with van der Waals surface area (Å²) in [6, 6.07) is 6.38. The lowest BCUT2D eigenvalue weighted by atomic mass is 9.69. The van der Waals surface area contributed by atoms with Crippen molar-refractivity contribution in [2.24, 2.45) is 5.41 Å². The minimum absolute atomic E-state index is 0.0436. The number of amides is 1. The predicted molar refractivity (Wildman–Crippen MR) is 138 cm³/mol. The predicted octanol–water partition coefficient (Wildman–Crippen LogP) is 5.23. The maximum atomic E-state index is 12.7. The van der Waals surface area contributed by atoms with Gasteiger partial charge in [-0.15, -0.1) is 0 Å². The summed E-state index contributed by atoms with van der Waals surface area (Å²) in [6.45, 7) is 1.99. The molecule has 1 heterocycles. The van der Waals surface area contributed by atoms with Crippen LogP contribution in [0.4, 0.5) is 5.69 Å². The van der Waals surface area contributed by atoms with E-state index in [1.165, 1.54) is 12.4 Å². The SMILES string of the molecule is CCOC(=O)C(Cc1ccc(NC(=O)c2c(Cl)cncc2Cl)cc1)NC1=C(Br)C(=O)C12CC=CC2. The fourth-order valence-electron chi connectivity index (χ4n) is 4.22. The molecule has 10 heteroatoms. The number of benzene rings is 1. The highest BCUT2D eigenvalue weighted by Gasteiger charge is 2.53. The molecule has 0 saturated heterocycles. The van der Waals surface area contributed by atoms with Gasteiger partial charge in [-0.3, -0.25) is 14.6 Å². The zero-order valence-electron chi connectivity index (χ0n) is 18.7. The van der Waals surface area contributed by atoms with E-state index in [4.69, 9.17) is 27.9 Å². The van der Waals surface area contributed by atoms with Crippen LogP contribution in [0.25, 0.3) is 0 Å². The van der Waals surface area contributed by atoms with E-state index in [2.05, 4.69) is 31.5 Å². The van der Waals surface area contributed by atoms with Crippen LogP contribution in [-0.2, 0) is 20.7 Å². The molecule has 0 aliphatic heterocycles. The van der Waals surface area contributed by atoms with E-state index < -0.39 is 23.3 Å². The van der Waals surface area contributed by atoms with E-state index in [0.717, 1.165) is 11.3 Å². The summed E-state index contributed by atoms with van der Waals surface area (Å²) in [4.78, 5) is 41.7. The van der Waals surface area contributed by atoms with Crippen molar-refractivity contribution in [3.8, 4) is 0 Å². The van der Waals surface area contributed by atoms with Gasteiger partial charge in [-0.25, -0.2) is 4.79 Å². The number of pyridine rings is 1. The van der Waals surface area contributed by atoms with Gasteiger partial charge in [-0.2, -0.15) is 0 Å². The first-order chi connectivity index (χ1) is 16.8. The Bertz CT molecular complexity index is 1220. The van der Waals surface area contributed by atoms with Gasteiger partial charge in [0.2, 0.25) is 0 Å². The van der Waals surface area contributed by atoms with Gasteiger partial charge >= 0.3 is 5.97 Å². The van der Waals surface area contributed by atoms with Crippen molar-refractivity contribution in [3.63, 3.8) is 0 Å². The highest BCUT2D eigenvalue weighted by molar-refractivity contribution is 9.12. The van der Waals surface area contributed by atoms with Crippen molar-refractivity contribution in [1.82, 2.24) is 10.3 Å². The number of hydrogen-bond donors (Lipinski definition) is 2. The van der Waals surface area contributed by atoms with Crippen LogP contribution in [-0.4, -0.2) is 35.3 Å². The fraction of sp³-hybridized carbons (Fsp3) is 0.280. The molecular weight excluding hydrogens is 557 g/mol. The number of hydrogen-bond acceptors (Lipinski definition) is 6. The Morgan fingerprint density at radius 2 is 1.77 bits per heavy atom. The molecule has 0 bridgehead atoms. The molecule has 182 valence electrons. The lowest BCUT2D eigenvalue weighted by molar-refractivity contribution is -0.145. The highest BCUT2D eigenvalue weighted by atomic mass is 79.9. The Morgan fingerprint density at radius 3 is 2.37 bits per heavy atom. The number of esters is 1. The van der Waals surface area contributed by atoms with Crippen LogP contribution in [0.5, 0.6) is 0 Å². The first-order valence-corrected chi connectivity index (χ1v) is 12.5. The maximum Gasteiger partial charge on any atom is 0.328 e. The van der Waals surface area contributed by atoms with Crippen LogP contribution in [0.15, 0.2) is 59.0 Å². The van der Waals surface area contributed by atoms with Gasteiger partial charge in [0, 0.05) is 30.2 Å². The number of rotatable bonds is 8. The van der Waals surface area contributed by atoms with Crippen LogP contribution in [0, 0.1) is 5.41 Å². The molecule has 7 nitrogen and oxygen atoms in total. The third-order valence-electron chi connectivity index (χ3n) is 6.05. The molecule has 1 spiro atoms. The smallest absolute Gasteiger partial charge is 0.328 e. The van der Waals surface area contributed by atoms with E-state index >= 15 is 0 Å². The number of carbonyl (C=O) groups excluding carboxylic acids is 3. The lowest BCUT2D eigenvalue weighted by Gasteiger charge is -2.41. The van der Waals surface area contributed by atoms with E-state index in [9.17, 15) is 14.4 Å². The molecule has 1 amide bonds. The first-order valence-electron chi connectivity index (χ1n) is 11.0. The summed E-state index contributed by atoms with van der Waals surface area (Å²) in [5.41, 5.74) is 1.64. The van der Waals surface area contributed by atoms with Crippen molar-refractivity contribution in [2.45, 2.75) is 32.2 Å². The Labute approximate surface area is 221 Å². The number of nitrogens with one attached hydrogen (secondary N) is 2. The number of aromatic nitrogens is 1. The van der Waals surface area contributed by atoms with Crippen LogP contribution >= 0.6 is 39.1 Å². The van der Waals surface area contributed by atoms with Gasteiger partial charge in [-0.05, 0) is 53.4 Å². The molecule has 2 N–H and O–H groups in total. The van der Waals surface area contributed by atoms with E-state index in [1.807, 2.05) is 24.3 Å². The summed E-state index contributed by atoms with van der Waals surface area (Å²) in [5.74, 6) is -0.815. The number of ether oxygens (including phenoxy) is 1. The van der Waals surface area contributed by atoms with Gasteiger partial charge in [0.25, 0.3) is 5.91 Å². The molecule has 1 aromatic heterocycles. The van der Waals surface area contributed by atoms with Gasteiger partial charge < -0.3 is 15.4 Å². The van der Waals surface area contributed by atoms with Crippen LogP contribution in [0.2, 0.25) is 10.0 Å². The van der Waals surface area contributed by atoms with E-state index in [0.29, 0.717) is 29.4 Å². The van der Waals surface area contributed by atoms with Crippen LogP contribution in [0.3, 0.4) is 0 Å². The second kappa shape index (κ2) is 10.5. The first kappa shape index (κ1) is 25.4. The fourth-order valence-corrected chi connectivity index (χ4v) is 5.63. The molecule has 35 heavy (non-hydrogen) atoms. The molecule has 4 rings (SSSR count). The van der Waals surface area contributed by atoms with Gasteiger partial charge in [-0.1, -0.05) is 47.5 Å². The van der Waals surface area contributed by atoms with Crippen molar-refractivity contribution in [3.05, 3.63) is 80.2 Å². The molecule has 2 aromatic rings. The van der Waals surface area contributed by atoms with Crippen molar-refractivity contribution >= 4 is 62.5 Å². The topological polar surface area (TPSA) is 97.4 Å². The van der Waals surface area contributed by atoms with Crippen molar-refractivity contribution < 1.29 is 19.1 Å². The standard InChI is InChI=1S/C25H22BrCl2N3O4/c1-2-35-24(34)18(31-21-20(26)22(32)25(21)9-3-4-10-25)11-14-5-7-15(8-6-14)30-23(33)19-16(27)12-29-13-17(19)28/h3-8,12-13,18,31H,2,9-11H2,1H3,(H,30,33). The summed E-state index contributed by atoms with van der Waals surface area (Å²) < 4.78 is 5.75. The lowest BCUT2D eigenvalue weighted by Crippen LogP contribution is -2.52. The Morgan fingerprint density at radius 1 is 1.14 bits per heavy atom. The van der Waals surface area contributed by atoms with Crippen LogP contribution < -0.4 is 10.6 Å². The Balaban J connectivity index is 1.48. The molecule has 0 fully saturated rings. The average molecular weight is 579 g/mol. The summed E-state index contributed by atoms with van der Waals surface area (Å²) in [6.07, 6.45) is 8.22. The number of halogens is 3. The largest absolute Gasteiger partial charge is 0.464 e. The van der Waals surface area contributed by atoms with E-state index in [-0.39, 0.29) is 28.0 Å². The van der Waals surface area contributed by atoms with Gasteiger partial charge in [0.05, 0.1) is 32.1 Å². The third kappa shape index (κ3) is 5.01. The zero-order valence-corrected chi connectivity index (χ0v) is 21.8. The summed E-state index contributed by atoms with van der Waals surface area (Å²) >= 11 is 15.5. The summed E-state index contributed by atoms with van der Waals surface area (Å²) in [7, 11) is 0. The molecule has 2 aliphatic rings. The van der Waals surface area contributed by atoms with Crippen LogP contribution in [0.1, 0.15) is 35.7 Å². The zero-order chi connectivity index (χ0) is 25.2. The molecular formula is C25H22BrCl2N3O4.